The molecule has 254 valence electrons. The van der Waals surface area contributed by atoms with E-state index in [1.807, 2.05) is 45.0 Å². The average molecular weight is 811 g/mol. The Balaban J connectivity index is 1.55. The first-order valence-electron chi connectivity index (χ1n) is 15.7. The second-order valence-electron chi connectivity index (χ2n) is 11.3. The van der Waals surface area contributed by atoms with Gasteiger partial charge in [-0.1, -0.05) is 37.6 Å². The van der Waals surface area contributed by atoms with Gasteiger partial charge in [0.05, 0.1) is 34.8 Å². The third-order valence-electron chi connectivity index (χ3n) is 7.52. The van der Waals surface area contributed by atoms with Crippen LogP contribution in [-0.2, 0) is 4.79 Å². The van der Waals surface area contributed by atoms with Gasteiger partial charge < -0.3 is 19.5 Å². The van der Waals surface area contributed by atoms with Crippen molar-refractivity contribution in [2.45, 2.75) is 40.5 Å². The van der Waals surface area contributed by atoms with Crippen LogP contribution in [0.3, 0.4) is 0 Å². The summed E-state index contributed by atoms with van der Waals surface area (Å²) in [5.41, 5.74) is 4.09. The number of para-hydroxylation sites is 1. The number of halogens is 3. The van der Waals surface area contributed by atoms with E-state index in [-0.39, 0.29) is 24.0 Å². The van der Waals surface area contributed by atoms with Gasteiger partial charge in [0, 0.05) is 26.3 Å². The summed E-state index contributed by atoms with van der Waals surface area (Å²) in [6.07, 6.45) is 1.56. The lowest BCUT2D eigenvalue weighted by atomic mass is 9.96. The summed E-state index contributed by atoms with van der Waals surface area (Å²) in [5.74, 6) is 1.71. The summed E-state index contributed by atoms with van der Waals surface area (Å²) in [6.45, 7) is 10.6. The summed E-state index contributed by atoms with van der Waals surface area (Å²) in [6, 6.07) is 19.7. The number of nitrogens with one attached hydrogen (secondary N) is 1. The van der Waals surface area contributed by atoms with Gasteiger partial charge in [0.25, 0.3) is 11.5 Å². The number of anilines is 1. The van der Waals surface area contributed by atoms with Crippen LogP contribution < -0.4 is 25.1 Å². The van der Waals surface area contributed by atoms with E-state index < -0.39 is 0 Å². The molecule has 9 nitrogen and oxygen atoms in total. The molecule has 0 saturated carbocycles. The predicted molar refractivity (Wildman–Crippen MR) is 203 cm³/mol. The number of amides is 1. The van der Waals surface area contributed by atoms with Crippen molar-refractivity contribution in [2.75, 3.05) is 25.1 Å². The SMILES string of the molecule is CCOc1cc(C)c(-c2nc3ccccc3c(=O)n2N=Cc2cc(OCC)c(OCC(=O)Nc3ccc(Cl)cc3)c(Br)c2Br)cc1C(C)C. The van der Waals surface area contributed by atoms with Gasteiger partial charge in [0.1, 0.15) is 5.75 Å². The van der Waals surface area contributed by atoms with E-state index >= 15 is 0 Å². The molecule has 0 radical (unpaired) electrons. The van der Waals surface area contributed by atoms with E-state index in [0.29, 0.717) is 66.7 Å². The Morgan fingerprint density at radius 2 is 1.67 bits per heavy atom. The molecule has 5 rings (SSSR count). The van der Waals surface area contributed by atoms with Crippen LogP contribution in [0, 0.1) is 6.92 Å². The second-order valence-corrected chi connectivity index (χ2v) is 13.3. The molecular formula is C37H35Br2ClN4O5. The number of aromatic nitrogens is 2. The zero-order valence-corrected chi connectivity index (χ0v) is 31.6. The van der Waals surface area contributed by atoms with E-state index in [0.717, 1.165) is 22.4 Å². The number of nitrogens with zero attached hydrogens (tertiary/aromatic N) is 3. The number of fused-ring (bicyclic) bond motifs is 1. The largest absolute Gasteiger partial charge is 0.494 e. The molecule has 0 bridgehead atoms. The summed E-state index contributed by atoms with van der Waals surface area (Å²) >= 11 is 13.2. The maximum absolute atomic E-state index is 14.0. The maximum Gasteiger partial charge on any atom is 0.282 e. The minimum Gasteiger partial charge on any atom is -0.494 e. The highest BCUT2D eigenvalue weighted by Crippen LogP contribution is 2.42. The first-order valence-corrected chi connectivity index (χ1v) is 17.7. The zero-order valence-electron chi connectivity index (χ0n) is 27.6. The number of ether oxygens (including phenoxy) is 3. The van der Waals surface area contributed by atoms with E-state index in [2.05, 4.69) is 51.0 Å². The molecule has 12 heteroatoms. The molecule has 0 aliphatic heterocycles. The first-order chi connectivity index (χ1) is 23.5. The molecule has 1 aromatic heterocycles. The maximum atomic E-state index is 14.0. The van der Waals surface area contributed by atoms with Crippen molar-refractivity contribution < 1.29 is 19.0 Å². The van der Waals surface area contributed by atoms with E-state index in [1.54, 1.807) is 48.7 Å². The second kappa shape index (κ2) is 16.0. The third kappa shape index (κ3) is 8.17. The smallest absolute Gasteiger partial charge is 0.282 e. The lowest BCUT2D eigenvalue weighted by Gasteiger charge is -2.18. The topological polar surface area (TPSA) is 104 Å². The molecule has 1 N–H and O–H groups in total. The lowest BCUT2D eigenvalue weighted by molar-refractivity contribution is -0.118. The fourth-order valence-electron chi connectivity index (χ4n) is 5.16. The summed E-state index contributed by atoms with van der Waals surface area (Å²) in [7, 11) is 0. The molecule has 0 spiro atoms. The van der Waals surface area contributed by atoms with Gasteiger partial charge in [-0.25, -0.2) is 4.98 Å². The normalized spacial score (nSPS) is 11.4. The highest BCUT2D eigenvalue weighted by atomic mass is 79.9. The molecule has 0 fully saturated rings. The van der Waals surface area contributed by atoms with Crippen LogP contribution in [0.2, 0.25) is 5.02 Å². The van der Waals surface area contributed by atoms with E-state index in [1.165, 1.54) is 4.68 Å². The standard InChI is InChI=1S/C37H35Br2ClN4O5/c1-6-47-30-16-22(5)28(18-27(30)21(3)4)36-43-29-11-9-8-10-26(29)37(46)44(36)41-19-23-17-31(48-7-2)35(34(39)33(23)38)49-20-32(45)42-25-14-12-24(40)13-15-25/h8-19,21H,6-7,20H2,1-5H3,(H,42,45). The van der Waals surface area contributed by atoms with Crippen LogP contribution in [0.25, 0.3) is 22.3 Å². The van der Waals surface area contributed by atoms with Crippen molar-refractivity contribution in [1.29, 1.82) is 0 Å². The molecular weight excluding hydrogens is 776 g/mol. The van der Waals surface area contributed by atoms with Gasteiger partial charge >= 0.3 is 0 Å². The highest BCUT2D eigenvalue weighted by molar-refractivity contribution is 9.13. The number of carbonyl (C=O) groups is 1. The van der Waals surface area contributed by atoms with Gasteiger partial charge in [-0.3, -0.25) is 9.59 Å². The Kier molecular flexibility index (Phi) is 11.8. The molecule has 0 atom stereocenters. The number of rotatable bonds is 12. The van der Waals surface area contributed by atoms with Crippen LogP contribution in [0.1, 0.15) is 50.3 Å². The molecule has 0 aliphatic rings. The van der Waals surface area contributed by atoms with Crippen molar-refractivity contribution in [3.05, 3.63) is 108 Å². The van der Waals surface area contributed by atoms with Crippen LogP contribution in [-0.4, -0.2) is 41.6 Å². The van der Waals surface area contributed by atoms with Gasteiger partial charge in [-0.05, 0) is 124 Å². The quantitative estimate of drug-likeness (QED) is 0.126. The number of benzene rings is 4. The fraction of sp³-hybridized carbons (Fsp3) is 0.243. The summed E-state index contributed by atoms with van der Waals surface area (Å²) < 4.78 is 20.2. The van der Waals surface area contributed by atoms with Crippen molar-refractivity contribution >= 4 is 72.2 Å². The third-order valence-corrected chi connectivity index (χ3v) is 9.91. The summed E-state index contributed by atoms with van der Waals surface area (Å²) in [5, 5.41) is 8.48. The number of carbonyl (C=O) groups excluding carboxylic acids is 1. The van der Waals surface area contributed by atoms with Gasteiger partial charge in [0.15, 0.2) is 23.9 Å². The van der Waals surface area contributed by atoms with Crippen molar-refractivity contribution in [1.82, 2.24) is 9.66 Å². The Bertz CT molecular complexity index is 2100. The van der Waals surface area contributed by atoms with Crippen molar-refractivity contribution in [2.24, 2.45) is 5.10 Å². The molecule has 0 saturated heterocycles. The van der Waals surface area contributed by atoms with E-state index in [4.69, 9.17) is 35.9 Å². The number of hydrogen-bond donors (Lipinski definition) is 1. The summed E-state index contributed by atoms with van der Waals surface area (Å²) in [4.78, 5) is 31.6. The van der Waals surface area contributed by atoms with Gasteiger partial charge in [-0.2, -0.15) is 9.78 Å². The Morgan fingerprint density at radius 1 is 0.980 bits per heavy atom. The zero-order chi connectivity index (χ0) is 35.2. The molecule has 1 heterocycles. The van der Waals surface area contributed by atoms with Crippen molar-refractivity contribution in [3.63, 3.8) is 0 Å². The number of aryl methyl sites for hydroxylation is 1. The molecule has 0 aliphatic carbocycles. The average Bonchev–Trinajstić information content (AvgIpc) is 3.07. The minimum atomic E-state index is -0.362. The molecule has 0 unspecified atom stereocenters. The molecule has 4 aromatic carbocycles. The van der Waals surface area contributed by atoms with Gasteiger partial charge in [-0.15, -0.1) is 0 Å². The van der Waals surface area contributed by atoms with E-state index in [9.17, 15) is 9.59 Å². The van der Waals surface area contributed by atoms with Gasteiger partial charge in [0.2, 0.25) is 0 Å². The first kappa shape index (κ1) is 36.1. The van der Waals surface area contributed by atoms with Crippen LogP contribution in [0.4, 0.5) is 5.69 Å². The van der Waals surface area contributed by atoms with Crippen LogP contribution >= 0.6 is 43.5 Å². The van der Waals surface area contributed by atoms with Crippen molar-refractivity contribution in [3.8, 4) is 28.6 Å². The number of hydrogen-bond acceptors (Lipinski definition) is 7. The Hall–Kier alpha value is -4.19. The Labute approximate surface area is 306 Å². The predicted octanol–water partition coefficient (Wildman–Crippen LogP) is 9.37. The monoisotopic (exact) mass is 808 g/mol. The molecule has 1 amide bonds. The fourth-order valence-corrected chi connectivity index (χ4v) is 6.22. The highest BCUT2D eigenvalue weighted by Gasteiger charge is 2.21. The van der Waals surface area contributed by atoms with Crippen LogP contribution in [0.5, 0.6) is 17.2 Å². The molecule has 49 heavy (non-hydrogen) atoms. The van der Waals surface area contributed by atoms with Crippen LogP contribution in [0.15, 0.2) is 85.6 Å². The Morgan fingerprint density at radius 3 is 2.37 bits per heavy atom. The lowest BCUT2D eigenvalue weighted by Crippen LogP contribution is -2.21. The minimum absolute atomic E-state index is 0.166. The molecule has 5 aromatic rings.